The van der Waals surface area contributed by atoms with E-state index in [-0.39, 0.29) is 0 Å². The fourth-order valence-electron chi connectivity index (χ4n) is 2.06. The van der Waals surface area contributed by atoms with Gasteiger partial charge in [-0.1, -0.05) is 34.1 Å². The molecular formula is C15H29N3S. The summed E-state index contributed by atoms with van der Waals surface area (Å²) in [5.41, 5.74) is 7.09. The van der Waals surface area contributed by atoms with Crippen LogP contribution in [0.2, 0.25) is 0 Å². The molecule has 19 heavy (non-hydrogen) atoms. The average molecular weight is 283 g/mol. The van der Waals surface area contributed by atoms with Crippen molar-refractivity contribution >= 4 is 16.5 Å². The van der Waals surface area contributed by atoms with E-state index in [1.165, 1.54) is 17.0 Å². The van der Waals surface area contributed by atoms with Crippen LogP contribution in [0.15, 0.2) is 0 Å². The highest BCUT2D eigenvalue weighted by Crippen LogP contribution is 2.32. The molecule has 2 atom stereocenters. The number of anilines is 1. The number of hydrogen-bond donors (Lipinski definition) is 1. The fraction of sp³-hybridized carbons (Fsp3) is 0.800. The summed E-state index contributed by atoms with van der Waals surface area (Å²) in [5.74, 6) is 1.21. The Bertz CT molecular complexity index is 375. The van der Waals surface area contributed by atoms with Gasteiger partial charge in [-0.15, -0.1) is 11.3 Å². The number of nitrogens with zero attached hydrogens (tertiary/aromatic N) is 2. The van der Waals surface area contributed by atoms with E-state index in [0.717, 1.165) is 24.6 Å². The normalized spacial score (nSPS) is 14.4. The highest BCUT2D eigenvalue weighted by atomic mass is 32.1. The monoisotopic (exact) mass is 283 g/mol. The second kappa shape index (κ2) is 7.85. The molecule has 0 aliphatic heterocycles. The smallest absolute Gasteiger partial charge is 0.185 e. The number of nitrogens with two attached hydrogens (primary N) is 1. The van der Waals surface area contributed by atoms with E-state index in [0.29, 0.717) is 18.4 Å². The van der Waals surface area contributed by atoms with Gasteiger partial charge < -0.3 is 10.6 Å². The molecule has 0 saturated heterocycles. The first-order valence-corrected chi connectivity index (χ1v) is 8.33. The van der Waals surface area contributed by atoms with Crippen molar-refractivity contribution < 1.29 is 0 Å². The summed E-state index contributed by atoms with van der Waals surface area (Å²) in [6.45, 7) is 13.9. The highest BCUT2D eigenvalue weighted by Gasteiger charge is 2.18. The number of hydrogen-bond acceptors (Lipinski definition) is 4. The minimum absolute atomic E-state index is 0.505. The molecule has 0 radical (unpaired) electrons. The van der Waals surface area contributed by atoms with E-state index in [9.17, 15) is 0 Å². The molecule has 0 spiro atoms. The Hall–Kier alpha value is -0.610. The molecule has 1 heterocycles. The van der Waals surface area contributed by atoms with Gasteiger partial charge in [-0.2, -0.15) is 0 Å². The molecule has 1 aromatic heterocycles. The van der Waals surface area contributed by atoms with Crippen molar-refractivity contribution in [2.75, 3.05) is 18.0 Å². The zero-order valence-electron chi connectivity index (χ0n) is 13.1. The van der Waals surface area contributed by atoms with E-state index in [1.807, 2.05) is 0 Å². The summed E-state index contributed by atoms with van der Waals surface area (Å²) in [7, 11) is 0. The maximum atomic E-state index is 5.88. The summed E-state index contributed by atoms with van der Waals surface area (Å²) in [6, 6.07) is 0. The van der Waals surface area contributed by atoms with Gasteiger partial charge in [0.15, 0.2) is 5.13 Å². The summed E-state index contributed by atoms with van der Waals surface area (Å²) in [5, 5.41) is 1.15. The molecule has 0 saturated carbocycles. The molecule has 110 valence electrons. The lowest BCUT2D eigenvalue weighted by Gasteiger charge is -2.23. The standard InChI is InChI=1S/C15H29N3S/c1-6-11(4)10-18(8-3)15-17-14(12(5)7-2)13(9-16)19-15/h11-12H,6-10,16H2,1-5H3. The largest absolute Gasteiger partial charge is 0.348 e. The van der Waals surface area contributed by atoms with Crippen LogP contribution in [0.5, 0.6) is 0 Å². The Balaban J connectivity index is 2.95. The van der Waals surface area contributed by atoms with Crippen molar-refractivity contribution in [3.8, 4) is 0 Å². The van der Waals surface area contributed by atoms with E-state index in [4.69, 9.17) is 10.7 Å². The maximum Gasteiger partial charge on any atom is 0.185 e. The molecule has 0 aliphatic rings. The van der Waals surface area contributed by atoms with Crippen LogP contribution in [0.1, 0.15) is 63.9 Å². The van der Waals surface area contributed by atoms with Gasteiger partial charge in [-0.25, -0.2) is 4.98 Å². The SMILES string of the molecule is CCC(C)CN(CC)c1nc(C(C)CC)c(CN)s1. The van der Waals surface area contributed by atoms with Crippen LogP contribution < -0.4 is 10.6 Å². The van der Waals surface area contributed by atoms with Crippen LogP contribution in [-0.4, -0.2) is 18.1 Å². The maximum absolute atomic E-state index is 5.88. The molecule has 0 aliphatic carbocycles. The molecule has 1 aromatic rings. The zero-order valence-corrected chi connectivity index (χ0v) is 13.9. The molecule has 3 nitrogen and oxygen atoms in total. The quantitative estimate of drug-likeness (QED) is 0.784. The van der Waals surface area contributed by atoms with Crippen molar-refractivity contribution in [2.45, 2.75) is 59.9 Å². The summed E-state index contributed by atoms with van der Waals surface area (Å²) < 4.78 is 0. The van der Waals surface area contributed by atoms with Gasteiger partial charge in [-0.3, -0.25) is 0 Å². The van der Waals surface area contributed by atoms with Gasteiger partial charge >= 0.3 is 0 Å². The molecule has 0 amide bonds. The highest BCUT2D eigenvalue weighted by molar-refractivity contribution is 7.15. The Morgan fingerprint density at radius 2 is 1.89 bits per heavy atom. The Labute approximate surface area is 122 Å². The summed E-state index contributed by atoms with van der Waals surface area (Å²) in [4.78, 5) is 8.52. The lowest BCUT2D eigenvalue weighted by atomic mass is 10.0. The predicted octanol–water partition coefficient (Wildman–Crippen LogP) is 3.99. The molecule has 4 heteroatoms. The van der Waals surface area contributed by atoms with Crippen LogP contribution in [-0.2, 0) is 6.54 Å². The van der Waals surface area contributed by atoms with Gasteiger partial charge in [0.1, 0.15) is 0 Å². The Morgan fingerprint density at radius 3 is 2.37 bits per heavy atom. The van der Waals surface area contributed by atoms with Crippen LogP contribution in [0.4, 0.5) is 5.13 Å². The average Bonchev–Trinajstić information content (AvgIpc) is 2.87. The van der Waals surface area contributed by atoms with Gasteiger partial charge in [0.05, 0.1) is 5.69 Å². The van der Waals surface area contributed by atoms with Crippen molar-refractivity contribution in [1.29, 1.82) is 0 Å². The number of aromatic nitrogens is 1. The van der Waals surface area contributed by atoms with Crippen LogP contribution in [0, 0.1) is 5.92 Å². The molecule has 1 rings (SSSR count). The van der Waals surface area contributed by atoms with Gasteiger partial charge in [0, 0.05) is 24.5 Å². The third kappa shape index (κ3) is 4.18. The second-order valence-corrected chi connectivity index (χ2v) is 6.43. The lowest BCUT2D eigenvalue weighted by molar-refractivity contribution is 0.547. The topological polar surface area (TPSA) is 42.2 Å². The Kier molecular flexibility index (Phi) is 6.80. The van der Waals surface area contributed by atoms with Crippen molar-refractivity contribution in [3.05, 3.63) is 10.6 Å². The second-order valence-electron chi connectivity index (χ2n) is 5.37. The van der Waals surface area contributed by atoms with Crippen LogP contribution in [0.3, 0.4) is 0 Å². The molecular weight excluding hydrogens is 254 g/mol. The van der Waals surface area contributed by atoms with Crippen molar-refractivity contribution in [3.63, 3.8) is 0 Å². The van der Waals surface area contributed by atoms with E-state index in [1.54, 1.807) is 11.3 Å². The third-order valence-electron chi connectivity index (χ3n) is 3.86. The third-order valence-corrected chi connectivity index (χ3v) is 5.02. The zero-order chi connectivity index (χ0) is 14.4. The molecule has 2 unspecified atom stereocenters. The van der Waals surface area contributed by atoms with E-state index < -0.39 is 0 Å². The first-order chi connectivity index (χ1) is 9.07. The molecule has 0 bridgehead atoms. The Morgan fingerprint density at radius 1 is 1.21 bits per heavy atom. The van der Waals surface area contributed by atoms with E-state index in [2.05, 4.69) is 39.5 Å². The fourth-order valence-corrected chi connectivity index (χ4v) is 3.19. The predicted molar refractivity (Wildman–Crippen MR) is 86.1 cm³/mol. The summed E-state index contributed by atoms with van der Waals surface area (Å²) in [6.07, 6.45) is 2.33. The van der Waals surface area contributed by atoms with Crippen molar-refractivity contribution in [1.82, 2.24) is 4.98 Å². The first-order valence-electron chi connectivity index (χ1n) is 7.51. The molecule has 2 N–H and O–H groups in total. The number of rotatable bonds is 8. The lowest BCUT2D eigenvalue weighted by Crippen LogP contribution is -2.27. The number of thiazole rings is 1. The molecule has 0 fully saturated rings. The minimum atomic E-state index is 0.505. The van der Waals surface area contributed by atoms with Crippen LogP contribution in [0.25, 0.3) is 0 Å². The van der Waals surface area contributed by atoms with Crippen molar-refractivity contribution in [2.24, 2.45) is 11.7 Å². The minimum Gasteiger partial charge on any atom is -0.348 e. The first kappa shape index (κ1) is 16.4. The van der Waals surface area contributed by atoms with Gasteiger partial charge in [-0.05, 0) is 25.2 Å². The van der Waals surface area contributed by atoms with Crippen LogP contribution >= 0.6 is 11.3 Å². The van der Waals surface area contributed by atoms with Gasteiger partial charge in [0.2, 0.25) is 0 Å². The molecule has 0 aromatic carbocycles. The van der Waals surface area contributed by atoms with E-state index >= 15 is 0 Å². The summed E-state index contributed by atoms with van der Waals surface area (Å²) >= 11 is 1.78. The van der Waals surface area contributed by atoms with Gasteiger partial charge in [0.25, 0.3) is 0 Å².